The maximum Gasteiger partial charge on any atom is 0.323 e. The number of fused-ring (bicyclic) bond motifs is 1. The summed E-state index contributed by atoms with van der Waals surface area (Å²) >= 11 is 0. The molecule has 0 radical (unpaired) electrons. The Bertz CT molecular complexity index is 1150. The van der Waals surface area contributed by atoms with Crippen LogP contribution in [0.3, 0.4) is 0 Å². The number of hydrogen-bond donors (Lipinski definition) is 2. The fourth-order valence-corrected chi connectivity index (χ4v) is 4.27. The van der Waals surface area contributed by atoms with Crippen molar-refractivity contribution in [1.29, 1.82) is 0 Å². The monoisotopic (exact) mass is 530 g/mol. The highest BCUT2D eigenvalue weighted by Gasteiger charge is 2.30. The molecule has 2 aromatic rings. The number of methoxy groups -OCH3 is 2. The molecule has 0 spiro atoms. The number of nitrogens with one attached hydrogen (secondary N) is 2. The number of carbonyl (C=O) groups excluding carboxylic acids is 3. The Labute approximate surface area is 222 Å². The van der Waals surface area contributed by atoms with Crippen LogP contribution in [0, 0.1) is 11.7 Å². The van der Waals surface area contributed by atoms with Crippen LogP contribution in [0.25, 0.3) is 0 Å². The van der Waals surface area contributed by atoms with Crippen molar-refractivity contribution in [2.24, 2.45) is 5.92 Å². The van der Waals surface area contributed by atoms with Crippen molar-refractivity contribution in [2.75, 3.05) is 58.2 Å². The number of anilines is 2. The molecule has 4 amide bonds. The maximum absolute atomic E-state index is 13.5. The van der Waals surface area contributed by atoms with Gasteiger partial charge in [0.25, 0.3) is 5.91 Å². The average Bonchev–Trinajstić information content (AvgIpc) is 2.88. The van der Waals surface area contributed by atoms with Crippen molar-refractivity contribution in [3.05, 3.63) is 53.8 Å². The fraction of sp³-hybridized carbons (Fsp3) is 0.444. The van der Waals surface area contributed by atoms with Gasteiger partial charge in [0.15, 0.2) is 0 Å². The zero-order chi connectivity index (χ0) is 27.8. The van der Waals surface area contributed by atoms with E-state index in [0.717, 1.165) is 0 Å². The quantitative estimate of drug-likeness (QED) is 0.613. The van der Waals surface area contributed by atoms with Gasteiger partial charge < -0.3 is 34.6 Å². The maximum atomic E-state index is 13.5. The van der Waals surface area contributed by atoms with E-state index in [1.807, 2.05) is 13.8 Å². The molecular formula is C27H35FN4O6. The topological polar surface area (TPSA) is 109 Å². The molecule has 10 nitrogen and oxygen atoms in total. The minimum atomic E-state index is -0.598. The van der Waals surface area contributed by atoms with Crippen molar-refractivity contribution in [2.45, 2.75) is 26.0 Å². The molecular weight excluding hydrogens is 495 g/mol. The molecule has 206 valence electrons. The molecule has 0 bridgehead atoms. The SMILES string of the molecule is COCC(=O)N1C[C@@H](C)[C@@H](OC)CN(C)C(=O)c2cc(NC(=O)Nc3cccc(F)c3)ccc2OC[C@@H]1C. The van der Waals surface area contributed by atoms with Gasteiger partial charge in [0.05, 0.1) is 17.7 Å². The second kappa shape index (κ2) is 13.2. The van der Waals surface area contributed by atoms with E-state index in [0.29, 0.717) is 18.0 Å². The first-order valence-electron chi connectivity index (χ1n) is 12.3. The van der Waals surface area contributed by atoms with Crippen molar-refractivity contribution in [3.63, 3.8) is 0 Å². The summed E-state index contributed by atoms with van der Waals surface area (Å²) in [7, 11) is 4.70. The van der Waals surface area contributed by atoms with Gasteiger partial charge in [-0.05, 0) is 43.3 Å². The summed E-state index contributed by atoms with van der Waals surface area (Å²) in [5.41, 5.74) is 0.868. The van der Waals surface area contributed by atoms with Crippen LogP contribution in [0.15, 0.2) is 42.5 Å². The molecule has 0 unspecified atom stereocenters. The van der Waals surface area contributed by atoms with Crippen LogP contribution in [0.2, 0.25) is 0 Å². The van der Waals surface area contributed by atoms with Gasteiger partial charge in [-0.2, -0.15) is 0 Å². The lowest BCUT2D eigenvalue weighted by molar-refractivity contribution is -0.139. The summed E-state index contributed by atoms with van der Waals surface area (Å²) in [6.45, 7) is 4.59. The predicted octanol–water partition coefficient (Wildman–Crippen LogP) is 3.45. The first-order valence-corrected chi connectivity index (χ1v) is 12.3. The molecule has 0 aliphatic carbocycles. The highest BCUT2D eigenvalue weighted by atomic mass is 19.1. The third-order valence-corrected chi connectivity index (χ3v) is 6.37. The van der Waals surface area contributed by atoms with Gasteiger partial charge in [0.2, 0.25) is 5.91 Å². The van der Waals surface area contributed by atoms with Crippen LogP contribution in [0.1, 0.15) is 24.2 Å². The van der Waals surface area contributed by atoms with Crippen LogP contribution < -0.4 is 15.4 Å². The summed E-state index contributed by atoms with van der Waals surface area (Å²) in [6.07, 6.45) is -0.337. The number of hydrogen-bond acceptors (Lipinski definition) is 6. The second-order valence-electron chi connectivity index (χ2n) is 9.38. The van der Waals surface area contributed by atoms with E-state index < -0.39 is 11.8 Å². The van der Waals surface area contributed by atoms with Gasteiger partial charge in [-0.25, -0.2) is 9.18 Å². The number of rotatable bonds is 5. The summed E-state index contributed by atoms with van der Waals surface area (Å²) in [4.78, 5) is 42.0. The van der Waals surface area contributed by atoms with Gasteiger partial charge in [-0.1, -0.05) is 13.0 Å². The molecule has 0 fully saturated rings. The lowest BCUT2D eigenvalue weighted by Gasteiger charge is -2.36. The summed E-state index contributed by atoms with van der Waals surface area (Å²) in [6, 6.07) is 9.32. The number of halogens is 1. The standard InChI is InChI=1S/C27H35FN4O6/c1-17-13-32(25(33)16-36-4)18(2)15-38-23-10-9-21(12-22(23)26(34)31(3)14-24(17)37-5)30-27(35)29-20-8-6-7-19(28)11-20/h6-12,17-18,24H,13-16H2,1-5H3,(H2,29,30,35)/t17-,18+,24+/m1/s1. The van der Waals surface area contributed by atoms with E-state index in [2.05, 4.69) is 10.6 Å². The lowest BCUT2D eigenvalue weighted by atomic mass is 10.0. The summed E-state index contributed by atoms with van der Waals surface area (Å²) in [5, 5.41) is 5.22. The van der Waals surface area contributed by atoms with Gasteiger partial charge in [0, 0.05) is 51.6 Å². The Morgan fingerprint density at radius 2 is 1.79 bits per heavy atom. The molecule has 2 aromatic carbocycles. The Morgan fingerprint density at radius 1 is 1.08 bits per heavy atom. The summed E-state index contributed by atoms with van der Waals surface area (Å²) < 4.78 is 30.2. The lowest BCUT2D eigenvalue weighted by Crippen LogP contribution is -2.49. The number of likely N-dealkylation sites (N-methyl/N-ethyl adjacent to an activating group) is 1. The zero-order valence-corrected chi connectivity index (χ0v) is 22.3. The predicted molar refractivity (Wildman–Crippen MR) is 141 cm³/mol. The van der Waals surface area contributed by atoms with E-state index in [1.54, 1.807) is 37.3 Å². The first kappa shape index (κ1) is 28.9. The molecule has 3 atom stereocenters. The van der Waals surface area contributed by atoms with E-state index in [-0.39, 0.29) is 60.9 Å². The van der Waals surface area contributed by atoms with Gasteiger partial charge in [-0.15, -0.1) is 0 Å². The van der Waals surface area contributed by atoms with Crippen LogP contribution in [-0.2, 0) is 14.3 Å². The van der Waals surface area contributed by atoms with E-state index in [1.165, 1.54) is 36.3 Å². The molecule has 1 heterocycles. The van der Waals surface area contributed by atoms with Crippen LogP contribution in [0.4, 0.5) is 20.6 Å². The Morgan fingerprint density at radius 3 is 2.45 bits per heavy atom. The third-order valence-electron chi connectivity index (χ3n) is 6.37. The highest BCUT2D eigenvalue weighted by Crippen LogP contribution is 2.27. The first-order chi connectivity index (χ1) is 18.1. The molecule has 0 saturated carbocycles. The minimum absolute atomic E-state index is 0.0591. The average molecular weight is 531 g/mol. The molecule has 0 saturated heterocycles. The van der Waals surface area contributed by atoms with Crippen molar-refractivity contribution < 1.29 is 33.0 Å². The molecule has 2 N–H and O–H groups in total. The Kier molecular flexibility index (Phi) is 10.0. The van der Waals surface area contributed by atoms with Crippen molar-refractivity contribution in [1.82, 2.24) is 9.80 Å². The second-order valence-corrected chi connectivity index (χ2v) is 9.38. The largest absolute Gasteiger partial charge is 0.491 e. The number of urea groups is 1. The molecule has 11 heteroatoms. The van der Waals surface area contributed by atoms with E-state index in [4.69, 9.17) is 14.2 Å². The van der Waals surface area contributed by atoms with E-state index >= 15 is 0 Å². The van der Waals surface area contributed by atoms with E-state index in [9.17, 15) is 18.8 Å². The number of carbonyl (C=O) groups is 3. The number of nitrogens with zero attached hydrogens (tertiary/aromatic N) is 2. The van der Waals surface area contributed by atoms with Gasteiger partial charge in [-0.3, -0.25) is 9.59 Å². The normalized spacial score (nSPS) is 20.5. The van der Waals surface area contributed by atoms with Crippen molar-refractivity contribution >= 4 is 29.2 Å². The number of amides is 4. The number of benzene rings is 2. The fourth-order valence-electron chi connectivity index (χ4n) is 4.27. The van der Waals surface area contributed by atoms with Crippen LogP contribution >= 0.6 is 0 Å². The zero-order valence-electron chi connectivity index (χ0n) is 22.3. The van der Waals surface area contributed by atoms with Gasteiger partial charge in [0.1, 0.15) is 24.8 Å². The molecule has 38 heavy (non-hydrogen) atoms. The molecule has 0 aromatic heterocycles. The molecule has 1 aliphatic rings. The highest BCUT2D eigenvalue weighted by molar-refractivity contribution is 6.02. The smallest absolute Gasteiger partial charge is 0.323 e. The van der Waals surface area contributed by atoms with Crippen molar-refractivity contribution in [3.8, 4) is 5.75 Å². The van der Waals surface area contributed by atoms with Gasteiger partial charge >= 0.3 is 6.03 Å². The molecule has 3 rings (SSSR count). The van der Waals surface area contributed by atoms with Crippen LogP contribution in [-0.4, -0.2) is 87.4 Å². The minimum Gasteiger partial charge on any atom is -0.491 e. The Balaban J connectivity index is 1.88. The Hall–Kier alpha value is -3.70. The van der Waals surface area contributed by atoms with Crippen LogP contribution in [0.5, 0.6) is 5.75 Å². The summed E-state index contributed by atoms with van der Waals surface area (Å²) in [5.74, 6) is -0.739. The number of ether oxygens (including phenoxy) is 3. The molecule has 1 aliphatic heterocycles. The third kappa shape index (κ3) is 7.42.